The van der Waals surface area contributed by atoms with Gasteiger partial charge in [0.2, 0.25) is 0 Å². The molecule has 1 aromatic heterocycles. The first-order chi connectivity index (χ1) is 8.04. The zero-order chi connectivity index (χ0) is 14.1. The summed E-state index contributed by atoms with van der Waals surface area (Å²) in [5.74, 6) is -1.34. The second-order valence-corrected chi connectivity index (χ2v) is 3.33. The molecule has 0 aliphatic heterocycles. The molecule has 0 aliphatic carbocycles. The monoisotopic (exact) mass is 274 g/mol. The van der Waals surface area contributed by atoms with Crippen molar-refractivity contribution in [3.05, 3.63) is 23.0 Å². The molecule has 0 atom stereocenters. The number of nitrogens with zero attached hydrogens (tertiary/aromatic N) is 1. The van der Waals surface area contributed by atoms with Crippen molar-refractivity contribution in [1.29, 1.82) is 0 Å². The topological polar surface area (TPSA) is 48.1 Å². The zero-order valence-electron chi connectivity index (χ0n) is 8.99. The lowest BCUT2D eigenvalue weighted by Crippen LogP contribution is -2.22. The van der Waals surface area contributed by atoms with Crippen molar-refractivity contribution >= 4 is 0 Å². The molecule has 0 spiro atoms. The van der Waals surface area contributed by atoms with Gasteiger partial charge >= 0.3 is 12.5 Å². The molecule has 1 rings (SSSR count). The molecular formula is C9H8F6N2O. The quantitative estimate of drug-likeness (QED) is 0.843. The molecule has 1 heterocycles. The molecule has 2 N–H and O–H groups in total. The van der Waals surface area contributed by atoms with Crippen LogP contribution in [0, 0.1) is 6.92 Å². The first-order valence-electron chi connectivity index (χ1n) is 4.58. The molecule has 0 aromatic carbocycles. The van der Waals surface area contributed by atoms with Gasteiger partial charge in [-0.3, -0.25) is 4.98 Å². The Morgan fingerprint density at radius 3 is 2.17 bits per heavy atom. The number of halogens is 6. The Morgan fingerprint density at radius 2 is 1.78 bits per heavy atom. The van der Waals surface area contributed by atoms with Crippen LogP contribution < -0.4 is 10.5 Å². The summed E-state index contributed by atoms with van der Waals surface area (Å²) in [6.07, 6.45) is -10.3. The third kappa shape index (κ3) is 3.49. The highest BCUT2D eigenvalue weighted by atomic mass is 19.4. The van der Waals surface area contributed by atoms with Crippen molar-refractivity contribution in [3.63, 3.8) is 0 Å². The minimum atomic E-state index is -5.22. The molecule has 3 nitrogen and oxygen atoms in total. The zero-order valence-corrected chi connectivity index (χ0v) is 8.99. The Bertz CT molecular complexity index is 440. The maximum Gasteiger partial charge on any atom is 0.573 e. The van der Waals surface area contributed by atoms with Crippen LogP contribution in [-0.2, 0) is 12.7 Å². The van der Waals surface area contributed by atoms with Crippen molar-refractivity contribution in [2.24, 2.45) is 5.73 Å². The van der Waals surface area contributed by atoms with E-state index in [1.807, 2.05) is 0 Å². The summed E-state index contributed by atoms with van der Waals surface area (Å²) in [6, 6.07) is 0.565. The van der Waals surface area contributed by atoms with Gasteiger partial charge < -0.3 is 10.5 Å². The van der Waals surface area contributed by atoms with Crippen molar-refractivity contribution in [1.82, 2.24) is 4.98 Å². The van der Waals surface area contributed by atoms with Gasteiger partial charge in [0.15, 0.2) is 0 Å². The second-order valence-electron chi connectivity index (χ2n) is 3.33. The van der Waals surface area contributed by atoms with Crippen molar-refractivity contribution in [3.8, 4) is 5.75 Å². The van der Waals surface area contributed by atoms with Gasteiger partial charge in [-0.1, -0.05) is 0 Å². The lowest BCUT2D eigenvalue weighted by molar-refractivity contribution is -0.276. The number of nitrogens with two attached hydrogens (primary N) is 1. The van der Waals surface area contributed by atoms with Gasteiger partial charge in [-0.25, -0.2) is 0 Å². The SMILES string of the molecule is Cc1cc(OC(F)(F)F)c(C(F)(F)F)c(CN)n1. The molecule has 0 aliphatic rings. The van der Waals surface area contributed by atoms with Gasteiger partial charge in [-0.15, -0.1) is 13.2 Å². The van der Waals surface area contributed by atoms with E-state index in [1.165, 1.54) is 6.92 Å². The van der Waals surface area contributed by atoms with E-state index in [1.54, 1.807) is 0 Å². The molecule has 0 bridgehead atoms. The van der Waals surface area contributed by atoms with Gasteiger partial charge in [-0.2, -0.15) is 13.2 Å². The molecule has 9 heteroatoms. The van der Waals surface area contributed by atoms with Gasteiger partial charge in [0.1, 0.15) is 11.3 Å². The Morgan fingerprint density at radius 1 is 1.22 bits per heavy atom. The number of ether oxygens (including phenoxy) is 1. The normalized spacial score (nSPS) is 12.7. The summed E-state index contributed by atoms with van der Waals surface area (Å²) < 4.78 is 77.5. The Kier molecular flexibility index (Phi) is 3.75. The summed E-state index contributed by atoms with van der Waals surface area (Å²) in [4.78, 5) is 3.46. The van der Waals surface area contributed by atoms with Gasteiger partial charge in [0.25, 0.3) is 0 Å². The van der Waals surface area contributed by atoms with Crippen molar-refractivity contribution in [2.45, 2.75) is 26.0 Å². The number of hydrogen-bond acceptors (Lipinski definition) is 3. The molecule has 18 heavy (non-hydrogen) atoms. The first-order valence-corrected chi connectivity index (χ1v) is 4.58. The minimum absolute atomic E-state index is 0.0531. The fraction of sp³-hybridized carbons (Fsp3) is 0.444. The first kappa shape index (κ1) is 14.6. The summed E-state index contributed by atoms with van der Waals surface area (Å²) in [6.45, 7) is 0.591. The summed E-state index contributed by atoms with van der Waals surface area (Å²) in [7, 11) is 0. The molecule has 0 amide bonds. The minimum Gasteiger partial charge on any atom is -0.405 e. The van der Waals surface area contributed by atoms with Gasteiger partial charge in [0, 0.05) is 18.3 Å². The van der Waals surface area contributed by atoms with E-state index >= 15 is 0 Å². The summed E-state index contributed by atoms with van der Waals surface area (Å²) in [5, 5.41) is 0. The molecule has 0 unspecified atom stereocenters. The molecule has 0 radical (unpaired) electrons. The summed E-state index contributed by atoms with van der Waals surface area (Å²) in [5.41, 5.74) is 2.70. The predicted molar refractivity (Wildman–Crippen MR) is 48.6 cm³/mol. The van der Waals surface area contributed by atoms with Crippen LogP contribution >= 0.6 is 0 Å². The van der Waals surface area contributed by atoms with E-state index in [4.69, 9.17) is 5.73 Å². The Labute approximate surface area is 97.6 Å². The lowest BCUT2D eigenvalue weighted by atomic mass is 10.1. The maximum absolute atomic E-state index is 12.7. The highest BCUT2D eigenvalue weighted by molar-refractivity contribution is 5.40. The van der Waals surface area contributed by atoms with Crippen LogP contribution in [0.3, 0.4) is 0 Å². The molecule has 1 aromatic rings. The highest BCUT2D eigenvalue weighted by Crippen LogP contribution is 2.40. The van der Waals surface area contributed by atoms with Gasteiger partial charge in [-0.05, 0) is 6.92 Å². The van der Waals surface area contributed by atoms with E-state index in [0.29, 0.717) is 6.07 Å². The predicted octanol–water partition coefficient (Wildman–Crippen LogP) is 2.77. The molecule has 102 valence electrons. The van der Waals surface area contributed by atoms with E-state index in [0.717, 1.165) is 0 Å². The average Bonchev–Trinajstić information content (AvgIpc) is 2.11. The smallest absolute Gasteiger partial charge is 0.405 e. The van der Waals surface area contributed by atoms with Crippen molar-refractivity contribution in [2.75, 3.05) is 0 Å². The number of hydrogen-bond donors (Lipinski definition) is 1. The molecule has 0 saturated heterocycles. The standard InChI is InChI=1S/C9H8F6N2O/c1-4-2-6(18-9(13,14)15)7(8(10,11)12)5(3-16)17-4/h2H,3,16H2,1H3. The van der Waals surface area contributed by atoms with Crippen molar-refractivity contribution < 1.29 is 31.1 Å². The third-order valence-corrected chi connectivity index (χ3v) is 1.89. The number of alkyl halides is 6. The van der Waals surface area contributed by atoms with Crippen LogP contribution in [0.1, 0.15) is 17.0 Å². The van der Waals surface area contributed by atoms with E-state index < -0.39 is 36.1 Å². The fourth-order valence-corrected chi connectivity index (χ4v) is 1.36. The number of aryl methyl sites for hydroxylation is 1. The Hall–Kier alpha value is -1.51. The van der Waals surface area contributed by atoms with Gasteiger partial charge in [0.05, 0.1) is 5.69 Å². The third-order valence-electron chi connectivity index (χ3n) is 1.89. The van der Waals surface area contributed by atoms with Crippen LogP contribution in [0.5, 0.6) is 5.75 Å². The van der Waals surface area contributed by atoms with E-state index in [-0.39, 0.29) is 5.69 Å². The summed E-state index contributed by atoms with van der Waals surface area (Å²) >= 11 is 0. The van der Waals surface area contributed by atoms with Crippen LogP contribution in [-0.4, -0.2) is 11.3 Å². The largest absolute Gasteiger partial charge is 0.573 e. The average molecular weight is 274 g/mol. The molecule has 0 fully saturated rings. The maximum atomic E-state index is 12.7. The lowest BCUT2D eigenvalue weighted by Gasteiger charge is -2.18. The second kappa shape index (κ2) is 4.63. The van der Waals surface area contributed by atoms with Crippen LogP contribution in [0.25, 0.3) is 0 Å². The van der Waals surface area contributed by atoms with E-state index in [2.05, 4.69) is 9.72 Å². The number of aromatic nitrogens is 1. The highest BCUT2D eigenvalue weighted by Gasteiger charge is 2.41. The van der Waals surface area contributed by atoms with Crippen LogP contribution in [0.15, 0.2) is 6.07 Å². The fourth-order valence-electron chi connectivity index (χ4n) is 1.36. The van der Waals surface area contributed by atoms with Crippen LogP contribution in [0.4, 0.5) is 26.3 Å². The molecule has 0 saturated carbocycles. The molecular weight excluding hydrogens is 266 g/mol. The number of pyridine rings is 1. The van der Waals surface area contributed by atoms with E-state index in [9.17, 15) is 26.3 Å². The van der Waals surface area contributed by atoms with Crippen LogP contribution in [0.2, 0.25) is 0 Å². The Balaban J connectivity index is 3.43. The number of rotatable bonds is 2.